The Kier molecular flexibility index (Phi) is 10.4. The third-order valence-corrected chi connectivity index (χ3v) is 6.79. The van der Waals surface area contributed by atoms with Crippen molar-refractivity contribution >= 4 is 22.9 Å². The summed E-state index contributed by atoms with van der Waals surface area (Å²) < 4.78 is 39.0. The zero-order valence-corrected chi connectivity index (χ0v) is 22.5. The smallest absolute Gasteiger partial charge is 0.317 e. The number of nitrogens with zero attached hydrogens (tertiary/aromatic N) is 4. The molecule has 3 aromatic rings. The Morgan fingerprint density at radius 3 is 2.77 bits per heavy atom. The van der Waals surface area contributed by atoms with E-state index >= 15 is 0 Å². The number of carbonyl (C=O) groups is 1. The first-order chi connectivity index (χ1) is 18.9. The number of carbonyl (C=O) groups excluding carboxylic acids is 1. The quantitative estimate of drug-likeness (QED) is 0.256. The number of H-pyrrole nitrogens is 1. The van der Waals surface area contributed by atoms with Gasteiger partial charge in [-0.25, -0.2) is 28.5 Å². The number of unbranched alkanes of at least 4 members (excludes halogenated alkanes) is 2. The van der Waals surface area contributed by atoms with Crippen LogP contribution in [0.2, 0.25) is 0 Å². The zero-order valence-electron chi connectivity index (χ0n) is 22.5. The highest BCUT2D eigenvalue weighted by Gasteiger charge is 2.28. The van der Waals surface area contributed by atoms with Gasteiger partial charge < -0.3 is 30.0 Å². The van der Waals surface area contributed by atoms with Gasteiger partial charge in [0.05, 0.1) is 25.6 Å². The maximum absolute atomic E-state index is 14.6. The second-order valence-corrected chi connectivity index (χ2v) is 9.73. The normalized spacial score (nSPS) is 17.0. The van der Waals surface area contributed by atoms with Gasteiger partial charge in [0.25, 0.3) is 0 Å². The second kappa shape index (κ2) is 14.1. The van der Waals surface area contributed by atoms with Crippen molar-refractivity contribution in [2.75, 3.05) is 45.3 Å². The Balaban J connectivity index is 1.21. The van der Waals surface area contributed by atoms with Crippen LogP contribution in [0.1, 0.15) is 45.4 Å². The molecule has 1 aliphatic rings. The summed E-state index contributed by atoms with van der Waals surface area (Å²) in [6.07, 6.45) is 8.89. The Labute approximate surface area is 226 Å². The van der Waals surface area contributed by atoms with E-state index in [0.29, 0.717) is 56.0 Å². The molecule has 0 radical (unpaired) electrons. The first-order valence-corrected chi connectivity index (χ1v) is 13.5. The van der Waals surface area contributed by atoms with Crippen molar-refractivity contribution in [1.29, 1.82) is 0 Å². The molecule has 3 heterocycles. The van der Waals surface area contributed by atoms with E-state index in [1.54, 1.807) is 18.1 Å². The summed E-state index contributed by atoms with van der Waals surface area (Å²) in [6.45, 7) is 5.26. The van der Waals surface area contributed by atoms with E-state index in [1.165, 1.54) is 6.07 Å². The van der Waals surface area contributed by atoms with E-state index in [0.717, 1.165) is 44.5 Å². The highest BCUT2D eigenvalue weighted by atomic mass is 19.1. The van der Waals surface area contributed by atoms with Crippen LogP contribution < -0.4 is 10.6 Å². The predicted molar refractivity (Wildman–Crippen MR) is 144 cm³/mol. The molecule has 2 amide bonds. The van der Waals surface area contributed by atoms with E-state index in [2.05, 4.69) is 30.6 Å². The molecule has 0 saturated heterocycles. The van der Waals surface area contributed by atoms with Crippen LogP contribution in [0.3, 0.4) is 0 Å². The summed E-state index contributed by atoms with van der Waals surface area (Å²) in [6, 6.07) is 1.17. The van der Waals surface area contributed by atoms with Crippen molar-refractivity contribution in [2.24, 2.45) is 0 Å². The van der Waals surface area contributed by atoms with Gasteiger partial charge in [0.1, 0.15) is 11.5 Å². The van der Waals surface area contributed by atoms with Crippen molar-refractivity contribution < 1.29 is 23.0 Å². The molecule has 3 aromatic heterocycles. The van der Waals surface area contributed by atoms with E-state index in [9.17, 15) is 13.6 Å². The molecular formula is C27H37F2N7O3. The van der Waals surface area contributed by atoms with Gasteiger partial charge in [-0.05, 0) is 51.5 Å². The van der Waals surface area contributed by atoms with Gasteiger partial charge in [-0.2, -0.15) is 0 Å². The summed E-state index contributed by atoms with van der Waals surface area (Å²) in [5.74, 6) is -0.712. The molecule has 2 unspecified atom stereocenters. The van der Waals surface area contributed by atoms with E-state index in [-0.39, 0.29) is 29.8 Å². The predicted octanol–water partition coefficient (Wildman–Crippen LogP) is 4.50. The standard InChI is InChI=1S/C27H37F2N7O3/c1-3-38-11-12-39-10-6-4-5-9-36(2)27(37)34-20-8-7-19(14-20)33-26-23(29)17-32-25(35-26)22-16-31-24-21(22)13-18(28)15-30-24/h13,15-17,19-20H,3-12,14H2,1-2H3,(H,30,31)(H,34,37)(H,32,33,35). The Morgan fingerprint density at radius 1 is 1.10 bits per heavy atom. The van der Waals surface area contributed by atoms with Crippen LogP contribution in [0.15, 0.2) is 24.7 Å². The summed E-state index contributed by atoms with van der Waals surface area (Å²) >= 11 is 0. The van der Waals surface area contributed by atoms with Crippen molar-refractivity contribution in [2.45, 2.75) is 57.5 Å². The molecule has 2 atom stereocenters. The van der Waals surface area contributed by atoms with Crippen LogP contribution in [0.4, 0.5) is 19.4 Å². The largest absolute Gasteiger partial charge is 0.379 e. The average Bonchev–Trinajstić information content (AvgIpc) is 3.55. The average molecular weight is 546 g/mol. The van der Waals surface area contributed by atoms with E-state index < -0.39 is 11.6 Å². The van der Waals surface area contributed by atoms with Crippen LogP contribution in [-0.4, -0.2) is 83.0 Å². The van der Waals surface area contributed by atoms with Gasteiger partial charge >= 0.3 is 6.03 Å². The lowest BCUT2D eigenvalue weighted by molar-refractivity contribution is 0.0512. The molecule has 0 spiro atoms. The molecule has 212 valence electrons. The second-order valence-electron chi connectivity index (χ2n) is 9.73. The molecule has 3 N–H and O–H groups in total. The molecule has 0 aromatic carbocycles. The zero-order chi connectivity index (χ0) is 27.6. The number of anilines is 1. The van der Waals surface area contributed by atoms with Crippen LogP contribution in [0.25, 0.3) is 22.4 Å². The van der Waals surface area contributed by atoms with Gasteiger partial charge in [-0.1, -0.05) is 0 Å². The number of urea groups is 1. The number of halogens is 2. The molecule has 0 aliphatic heterocycles. The molecule has 10 nitrogen and oxygen atoms in total. The van der Waals surface area contributed by atoms with Gasteiger partial charge in [-0.3, -0.25) is 0 Å². The lowest BCUT2D eigenvalue weighted by Crippen LogP contribution is -2.42. The Hall–Kier alpha value is -3.38. The monoisotopic (exact) mass is 545 g/mol. The van der Waals surface area contributed by atoms with Gasteiger partial charge in [-0.15, -0.1) is 0 Å². The summed E-state index contributed by atoms with van der Waals surface area (Å²) in [4.78, 5) is 29.8. The molecule has 0 bridgehead atoms. The maximum atomic E-state index is 14.6. The topological polar surface area (TPSA) is 117 Å². The first kappa shape index (κ1) is 28.6. The first-order valence-electron chi connectivity index (χ1n) is 13.5. The minimum Gasteiger partial charge on any atom is -0.379 e. The van der Waals surface area contributed by atoms with Crippen LogP contribution in [-0.2, 0) is 9.47 Å². The van der Waals surface area contributed by atoms with Crippen molar-refractivity contribution in [3.63, 3.8) is 0 Å². The van der Waals surface area contributed by atoms with Gasteiger partial charge in [0.15, 0.2) is 17.5 Å². The lowest BCUT2D eigenvalue weighted by Gasteiger charge is -2.21. The number of rotatable bonds is 14. The van der Waals surface area contributed by atoms with Gasteiger partial charge in [0.2, 0.25) is 0 Å². The number of hydrogen-bond donors (Lipinski definition) is 3. The number of aromatic nitrogens is 4. The summed E-state index contributed by atoms with van der Waals surface area (Å²) in [5, 5.41) is 6.77. The lowest BCUT2D eigenvalue weighted by atomic mass is 10.2. The number of fused-ring (bicyclic) bond motifs is 1. The fourth-order valence-corrected chi connectivity index (χ4v) is 4.68. The van der Waals surface area contributed by atoms with Crippen molar-refractivity contribution in [1.82, 2.24) is 30.2 Å². The molecule has 1 aliphatic carbocycles. The van der Waals surface area contributed by atoms with Crippen LogP contribution in [0, 0.1) is 11.6 Å². The third-order valence-electron chi connectivity index (χ3n) is 6.79. The SMILES string of the molecule is CCOCCOCCCCCN(C)C(=O)NC1CCC(Nc2nc(-c3c[nH]c4ncc(F)cc34)ncc2F)C1. The molecule has 1 saturated carbocycles. The minimum absolute atomic E-state index is 0.0109. The third kappa shape index (κ3) is 8.06. The Bertz CT molecular complexity index is 1230. The maximum Gasteiger partial charge on any atom is 0.317 e. The highest BCUT2D eigenvalue weighted by Crippen LogP contribution is 2.28. The number of pyridine rings is 1. The molecule has 12 heteroatoms. The molecule has 4 rings (SSSR count). The number of ether oxygens (including phenoxy) is 2. The molecule has 1 fully saturated rings. The molecule has 39 heavy (non-hydrogen) atoms. The fraction of sp³-hybridized carbons (Fsp3) is 0.556. The van der Waals surface area contributed by atoms with Gasteiger partial charge in [0, 0.05) is 56.0 Å². The number of aromatic amines is 1. The highest BCUT2D eigenvalue weighted by molar-refractivity contribution is 5.91. The number of amides is 2. The minimum atomic E-state index is -0.574. The number of nitrogens with one attached hydrogen (secondary N) is 3. The van der Waals surface area contributed by atoms with Crippen LogP contribution in [0.5, 0.6) is 0 Å². The Morgan fingerprint density at radius 2 is 1.92 bits per heavy atom. The van der Waals surface area contributed by atoms with Crippen LogP contribution >= 0.6 is 0 Å². The van der Waals surface area contributed by atoms with E-state index in [1.807, 2.05) is 6.92 Å². The summed E-state index contributed by atoms with van der Waals surface area (Å²) in [5.41, 5.74) is 1.03. The van der Waals surface area contributed by atoms with Crippen molar-refractivity contribution in [3.8, 4) is 11.4 Å². The summed E-state index contributed by atoms with van der Waals surface area (Å²) in [7, 11) is 1.79. The van der Waals surface area contributed by atoms with Crippen molar-refractivity contribution in [3.05, 3.63) is 36.3 Å². The van der Waals surface area contributed by atoms with E-state index in [4.69, 9.17) is 9.47 Å². The molecular weight excluding hydrogens is 508 g/mol. The number of hydrogen-bond acceptors (Lipinski definition) is 7. The fourth-order valence-electron chi connectivity index (χ4n) is 4.68.